The first-order chi connectivity index (χ1) is 10.3. The minimum atomic E-state index is 0.0590. The minimum absolute atomic E-state index is 0.0590. The fraction of sp³-hybridized carbons (Fsp3) is 0.625. The number of ether oxygens (including phenoxy) is 1. The van der Waals surface area contributed by atoms with Gasteiger partial charge in [-0.15, -0.1) is 11.3 Å². The standard InChI is InChI=1S/C16H21N3OS/c1-3-17-14-12-10-5-4-6-11(10)21-16(12)19-15(18-14)13(20-2)9-7-8-9/h9,13H,3-8H2,1-2H3,(H,17,18,19). The summed E-state index contributed by atoms with van der Waals surface area (Å²) in [4.78, 5) is 12.3. The summed E-state index contributed by atoms with van der Waals surface area (Å²) in [7, 11) is 1.78. The van der Waals surface area contributed by atoms with Gasteiger partial charge in [0.1, 0.15) is 16.8 Å². The van der Waals surface area contributed by atoms with Gasteiger partial charge < -0.3 is 10.1 Å². The highest BCUT2D eigenvalue weighted by molar-refractivity contribution is 7.19. The van der Waals surface area contributed by atoms with Crippen LogP contribution in [0.1, 0.15) is 48.6 Å². The van der Waals surface area contributed by atoms with Gasteiger partial charge in [-0.05, 0) is 50.5 Å². The van der Waals surface area contributed by atoms with E-state index in [0.29, 0.717) is 5.92 Å². The number of hydrogen-bond donors (Lipinski definition) is 1. The summed E-state index contributed by atoms with van der Waals surface area (Å²) in [5.41, 5.74) is 1.48. The van der Waals surface area contributed by atoms with E-state index >= 15 is 0 Å². The summed E-state index contributed by atoms with van der Waals surface area (Å²) in [5, 5.41) is 4.71. The van der Waals surface area contributed by atoms with Crippen molar-refractivity contribution in [3.8, 4) is 0 Å². The SMILES string of the molecule is CCNc1nc(C(OC)C2CC2)nc2sc3c(c12)CCC3. The second kappa shape index (κ2) is 5.21. The van der Waals surface area contributed by atoms with Crippen molar-refractivity contribution in [3.05, 3.63) is 16.3 Å². The van der Waals surface area contributed by atoms with Crippen LogP contribution >= 0.6 is 11.3 Å². The van der Waals surface area contributed by atoms with E-state index in [-0.39, 0.29) is 6.10 Å². The molecule has 0 amide bonds. The molecular formula is C16H21N3OS. The van der Waals surface area contributed by atoms with E-state index in [1.54, 1.807) is 7.11 Å². The second-order valence-electron chi connectivity index (χ2n) is 5.99. The fourth-order valence-corrected chi connectivity index (χ4v) is 4.61. The van der Waals surface area contributed by atoms with Gasteiger partial charge in [-0.2, -0.15) is 0 Å². The number of aromatic nitrogens is 2. The van der Waals surface area contributed by atoms with Crippen molar-refractivity contribution >= 4 is 27.4 Å². The van der Waals surface area contributed by atoms with E-state index in [1.807, 2.05) is 11.3 Å². The van der Waals surface area contributed by atoms with Crippen LogP contribution in [-0.2, 0) is 17.6 Å². The average Bonchev–Trinajstić information content (AvgIpc) is 3.08. The van der Waals surface area contributed by atoms with Gasteiger partial charge in [-0.25, -0.2) is 9.97 Å². The topological polar surface area (TPSA) is 47.0 Å². The van der Waals surface area contributed by atoms with Crippen LogP contribution in [0.15, 0.2) is 0 Å². The third kappa shape index (κ3) is 2.23. The molecule has 0 aliphatic heterocycles. The zero-order chi connectivity index (χ0) is 14.4. The zero-order valence-corrected chi connectivity index (χ0v) is 13.4. The molecular weight excluding hydrogens is 282 g/mol. The van der Waals surface area contributed by atoms with Crippen molar-refractivity contribution in [2.24, 2.45) is 5.92 Å². The molecule has 1 atom stereocenters. The Balaban J connectivity index is 1.86. The van der Waals surface area contributed by atoms with Crippen molar-refractivity contribution in [1.82, 2.24) is 9.97 Å². The number of thiophene rings is 1. The number of aryl methyl sites for hydroxylation is 2. The molecule has 0 aromatic carbocycles. The Kier molecular flexibility index (Phi) is 3.34. The predicted octanol–water partition coefficient (Wildman–Crippen LogP) is 3.71. The molecule has 0 spiro atoms. The van der Waals surface area contributed by atoms with Crippen molar-refractivity contribution in [2.75, 3.05) is 19.0 Å². The maximum atomic E-state index is 5.67. The first kappa shape index (κ1) is 13.5. The molecule has 2 aromatic heterocycles. The Bertz CT molecular complexity index is 678. The molecule has 0 radical (unpaired) electrons. The first-order valence-electron chi connectivity index (χ1n) is 7.90. The molecule has 1 N–H and O–H groups in total. The Hall–Kier alpha value is -1.20. The van der Waals surface area contributed by atoms with Crippen molar-refractivity contribution in [3.63, 3.8) is 0 Å². The summed E-state index contributed by atoms with van der Waals surface area (Å²) < 4.78 is 5.67. The Labute approximate surface area is 128 Å². The molecule has 112 valence electrons. The highest BCUT2D eigenvalue weighted by atomic mass is 32.1. The molecule has 0 bridgehead atoms. The van der Waals surface area contributed by atoms with Crippen LogP contribution in [0.5, 0.6) is 0 Å². The number of fused-ring (bicyclic) bond motifs is 3. The van der Waals surface area contributed by atoms with Gasteiger partial charge in [0.05, 0.1) is 5.39 Å². The lowest BCUT2D eigenvalue weighted by Crippen LogP contribution is -2.11. The highest BCUT2D eigenvalue weighted by Crippen LogP contribution is 2.44. The summed E-state index contributed by atoms with van der Waals surface area (Å²) in [6.07, 6.45) is 6.17. The summed E-state index contributed by atoms with van der Waals surface area (Å²) in [6, 6.07) is 0. The number of rotatable bonds is 5. The summed E-state index contributed by atoms with van der Waals surface area (Å²) in [5.74, 6) is 2.48. The highest BCUT2D eigenvalue weighted by Gasteiger charge is 2.35. The van der Waals surface area contributed by atoms with Gasteiger partial charge in [0.15, 0.2) is 5.82 Å². The van der Waals surface area contributed by atoms with Gasteiger partial charge in [0.2, 0.25) is 0 Å². The quantitative estimate of drug-likeness (QED) is 0.914. The van der Waals surface area contributed by atoms with E-state index in [0.717, 1.165) is 23.0 Å². The van der Waals surface area contributed by atoms with Crippen LogP contribution in [-0.4, -0.2) is 23.6 Å². The minimum Gasteiger partial charge on any atom is -0.373 e. The van der Waals surface area contributed by atoms with E-state index in [4.69, 9.17) is 14.7 Å². The first-order valence-corrected chi connectivity index (χ1v) is 8.72. The summed E-state index contributed by atoms with van der Waals surface area (Å²) >= 11 is 1.85. The van der Waals surface area contributed by atoms with Crippen LogP contribution in [0.3, 0.4) is 0 Å². The summed E-state index contributed by atoms with van der Waals surface area (Å²) in [6.45, 7) is 3.01. The lowest BCUT2D eigenvalue weighted by molar-refractivity contribution is 0.0776. The number of hydrogen-bond acceptors (Lipinski definition) is 5. The normalized spacial score (nSPS) is 19.0. The third-order valence-corrected chi connectivity index (χ3v) is 5.67. The molecule has 2 aromatic rings. The van der Waals surface area contributed by atoms with E-state index < -0.39 is 0 Å². The molecule has 4 nitrogen and oxygen atoms in total. The van der Waals surface area contributed by atoms with Gasteiger partial charge in [-0.1, -0.05) is 0 Å². The largest absolute Gasteiger partial charge is 0.373 e. The molecule has 2 heterocycles. The Morgan fingerprint density at radius 2 is 2.19 bits per heavy atom. The number of methoxy groups -OCH3 is 1. The van der Waals surface area contributed by atoms with Gasteiger partial charge in [-0.3, -0.25) is 0 Å². The molecule has 2 aliphatic carbocycles. The molecule has 1 unspecified atom stereocenters. The van der Waals surface area contributed by atoms with Crippen molar-refractivity contribution in [2.45, 2.75) is 45.1 Å². The predicted molar refractivity (Wildman–Crippen MR) is 86.1 cm³/mol. The Morgan fingerprint density at radius 1 is 1.33 bits per heavy atom. The molecule has 0 saturated heterocycles. The van der Waals surface area contributed by atoms with E-state index in [9.17, 15) is 0 Å². The van der Waals surface area contributed by atoms with E-state index in [1.165, 1.54) is 47.9 Å². The lowest BCUT2D eigenvalue weighted by Gasteiger charge is -2.15. The fourth-order valence-electron chi connectivity index (χ4n) is 3.34. The second-order valence-corrected chi connectivity index (χ2v) is 7.08. The molecule has 21 heavy (non-hydrogen) atoms. The molecule has 5 heteroatoms. The van der Waals surface area contributed by atoms with Crippen LogP contribution in [0.25, 0.3) is 10.2 Å². The average molecular weight is 303 g/mol. The van der Waals surface area contributed by atoms with Crippen LogP contribution in [0.2, 0.25) is 0 Å². The number of nitrogens with zero attached hydrogens (tertiary/aromatic N) is 2. The van der Waals surface area contributed by atoms with Crippen molar-refractivity contribution < 1.29 is 4.74 Å². The molecule has 4 rings (SSSR count). The molecule has 2 aliphatic rings. The molecule has 1 fully saturated rings. The van der Waals surface area contributed by atoms with Crippen LogP contribution in [0.4, 0.5) is 5.82 Å². The van der Waals surface area contributed by atoms with E-state index in [2.05, 4.69) is 12.2 Å². The van der Waals surface area contributed by atoms with Gasteiger partial charge in [0.25, 0.3) is 0 Å². The smallest absolute Gasteiger partial charge is 0.161 e. The van der Waals surface area contributed by atoms with Crippen molar-refractivity contribution in [1.29, 1.82) is 0 Å². The third-order valence-electron chi connectivity index (χ3n) is 4.48. The van der Waals surface area contributed by atoms with Crippen LogP contribution in [0, 0.1) is 5.92 Å². The number of nitrogens with one attached hydrogen (secondary N) is 1. The van der Waals surface area contributed by atoms with Gasteiger partial charge in [0, 0.05) is 18.5 Å². The zero-order valence-electron chi connectivity index (χ0n) is 12.6. The van der Waals surface area contributed by atoms with Crippen LogP contribution < -0.4 is 5.32 Å². The molecule has 1 saturated carbocycles. The maximum absolute atomic E-state index is 5.67. The van der Waals surface area contributed by atoms with Gasteiger partial charge >= 0.3 is 0 Å². The maximum Gasteiger partial charge on any atom is 0.161 e. The lowest BCUT2D eigenvalue weighted by atomic mass is 10.1. The monoisotopic (exact) mass is 303 g/mol. The Morgan fingerprint density at radius 3 is 2.90 bits per heavy atom. The number of anilines is 1.